The summed E-state index contributed by atoms with van der Waals surface area (Å²) in [7, 11) is 0. The summed E-state index contributed by atoms with van der Waals surface area (Å²) in [5.41, 5.74) is 3.63. The van der Waals surface area contributed by atoms with E-state index in [1.54, 1.807) is 6.08 Å². The first-order valence-electron chi connectivity index (χ1n) is 7.59. The molecule has 1 unspecified atom stereocenters. The molecule has 1 atom stereocenters. The van der Waals surface area contributed by atoms with Crippen LogP contribution in [0.3, 0.4) is 0 Å². The molecule has 0 bridgehead atoms. The number of aryl methyl sites for hydroxylation is 2. The number of hydrogen-bond donors (Lipinski definition) is 0. The molecule has 0 N–H and O–H groups in total. The van der Waals surface area contributed by atoms with Crippen molar-refractivity contribution in [2.75, 3.05) is 0 Å². The molecule has 0 saturated carbocycles. The highest BCUT2D eigenvalue weighted by molar-refractivity contribution is 5.51. The van der Waals surface area contributed by atoms with Crippen LogP contribution in [0.4, 0.5) is 0 Å². The first-order chi connectivity index (χ1) is 9.02. The third kappa shape index (κ3) is 6.09. The van der Waals surface area contributed by atoms with Gasteiger partial charge in [0.1, 0.15) is 0 Å². The molecule has 104 valence electrons. The van der Waals surface area contributed by atoms with Crippen LogP contribution < -0.4 is 0 Å². The van der Waals surface area contributed by atoms with Crippen LogP contribution in [0.15, 0.2) is 12.1 Å². The van der Waals surface area contributed by atoms with Gasteiger partial charge in [-0.3, -0.25) is 0 Å². The Balaban J connectivity index is 2.37. The van der Waals surface area contributed by atoms with Gasteiger partial charge in [-0.05, 0) is 54.4 Å². The molecule has 0 heteroatoms. The SMILES string of the molecule is [CH]=Cc1cc(CCC(C)CCCC(C)C)[c]cc1C. The zero-order valence-electron chi connectivity index (χ0n) is 13.0. The molecular weight excluding hydrogens is 228 g/mol. The number of rotatable bonds is 8. The largest absolute Gasteiger partial charge is 0.0628 e. The van der Waals surface area contributed by atoms with E-state index in [0.717, 1.165) is 23.8 Å². The van der Waals surface area contributed by atoms with Crippen molar-refractivity contribution in [2.45, 2.75) is 59.8 Å². The Morgan fingerprint density at radius 3 is 2.58 bits per heavy atom. The molecule has 19 heavy (non-hydrogen) atoms. The normalized spacial score (nSPS) is 12.7. The molecule has 1 aromatic rings. The van der Waals surface area contributed by atoms with Gasteiger partial charge in [-0.1, -0.05) is 64.8 Å². The van der Waals surface area contributed by atoms with E-state index in [1.165, 1.54) is 36.8 Å². The minimum absolute atomic E-state index is 0.804. The Kier molecular flexibility index (Phi) is 6.91. The van der Waals surface area contributed by atoms with Crippen LogP contribution in [0.2, 0.25) is 0 Å². The molecule has 1 rings (SSSR count). The molecule has 0 aromatic heterocycles. The van der Waals surface area contributed by atoms with Crippen LogP contribution in [0.25, 0.3) is 6.08 Å². The van der Waals surface area contributed by atoms with Gasteiger partial charge in [0.05, 0.1) is 0 Å². The summed E-state index contributed by atoms with van der Waals surface area (Å²) in [6, 6.07) is 7.60. The van der Waals surface area contributed by atoms with Gasteiger partial charge in [-0.15, -0.1) is 0 Å². The topological polar surface area (TPSA) is 0 Å². The second kappa shape index (κ2) is 8.19. The summed E-state index contributed by atoms with van der Waals surface area (Å²) in [5, 5.41) is 0. The second-order valence-electron chi connectivity index (χ2n) is 6.23. The Bertz CT molecular complexity index is 387. The molecule has 0 spiro atoms. The Labute approximate surface area is 119 Å². The maximum absolute atomic E-state index is 5.63. The molecule has 2 radical (unpaired) electrons. The molecular formula is C19H28. The van der Waals surface area contributed by atoms with E-state index in [-0.39, 0.29) is 0 Å². The molecule has 0 aliphatic carbocycles. The Morgan fingerprint density at radius 2 is 1.95 bits per heavy atom. The van der Waals surface area contributed by atoms with Crippen LogP contribution in [0, 0.1) is 31.4 Å². The lowest BCUT2D eigenvalue weighted by Crippen LogP contribution is -1.99. The zero-order valence-corrected chi connectivity index (χ0v) is 13.0. The van der Waals surface area contributed by atoms with Crippen molar-refractivity contribution >= 4 is 6.08 Å². The lowest BCUT2D eigenvalue weighted by molar-refractivity contribution is 0.437. The minimum atomic E-state index is 0.804. The summed E-state index contributed by atoms with van der Waals surface area (Å²) >= 11 is 0. The highest BCUT2D eigenvalue weighted by Gasteiger charge is 2.05. The van der Waals surface area contributed by atoms with E-state index in [1.807, 2.05) is 0 Å². The average Bonchev–Trinajstić information content (AvgIpc) is 2.37. The predicted octanol–water partition coefficient (Wildman–Crippen LogP) is 5.64. The standard InChI is InChI=1S/C19H28/c1-6-19-14-18(13-11-17(19)5)12-10-16(4)9-7-8-15(2)3/h1,6,11,14-16H,7-10,12H2,2-5H3. The summed E-state index contributed by atoms with van der Waals surface area (Å²) in [5.74, 6) is 1.64. The van der Waals surface area contributed by atoms with E-state index in [4.69, 9.17) is 6.58 Å². The fourth-order valence-electron chi connectivity index (χ4n) is 2.37. The van der Waals surface area contributed by atoms with Gasteiger partial charge in [0.25, 0.3) is 0 Å². The van der Waals surface area contributed by atoms with Crippen molar-refractivity contribution < 1.29 is 0 Å². The smallest absolute Gasteiger partial charge is 0.0146 e. The van der Waals surface area contributed by atoms with Crippen LogP contribution in [0.1, 0.15) is 63.1 Å². The first kappa shape index (κ1) is 16.0. The van der Waals surface area contributed by atoms with E-state index in [2.05, 4.69) is 45.9 Å². The third-order valence-corrected chi connectivity index (χ3v) is 3.82. The molecule has 1 aromatic carbocycles. The van der Waals surface area contributed by atoms with Crippen LogP contribution in [-0.2, 0) is 6.42 Å². The molecule has 0 aliphatic rings. The molecule has 0 nitrogen and oxygen atoms in total. The fraction of sp³-hybridized carbons (Fsp3) is 0.579. The predicted molar refractivity (Wildman–Crippen MR) is 85.0 cm³/mol. The lowest BCUT2D eigenvalue weighted by Gasteiger charge is -2.12. The van der Waals surface area contributed by atoms with Gasteiger partial charge in [-0.25, -0.2) is 0 Å². The molecule has 0 saturated heterocycles. The number of hydrogen-bond acceptors (Lipinski definition) is 0. The van der Waals surface area contributed by atoms with Crippen molar-refractivity contribution in [3.8, 4) is 0 Å². The quantitative estimate of drug-likeness (QED) is 0.565. The fourth-order valence-corrected chi connectivity index (χ4v) is 2.37. The molecule has 0 fully saturated rings. The minimum Gasteiger partial charge on any atom is -0.0628 e. The average molecular weight is 256 g/mol. The lowest BCUT2D eigenvalue weighted by atomic mass is 9.93. The maximum Gasteiger partial charge on any atom is -0.0146 e. The second-order valence-corrected chi connectivity index (χ2v) is 6.23. The Morgan fingerprint density at radius 1 is 1.21 bits per heavy atom. The summed E-state index contributed by atoms with van der Waals surface area (Å²) < 4.78 is 0. The zero-order chi connectivity index (χ0) is 14.3. The van der Waals surface area contributed by atoms with E-state index < -0.39 is 0 Å². The molecule has 0 aliphatic heterocycles. The van der Waals surface area contributed by atoms with Crippen molar-refractivity contribution in [3.63, 3.8) is 0 Å². The monoisotopic (exact) mass is 256 g/mol. The first-order valence-corrected chi connectivity index (χ1v) is 7.59. The van der Waals surface area contributed by atoms with Crippen molar-refractivity contribution in [2.24, 2.45) is 11.8 Å². The Hall–Kier alpha value is -1.04. The van der Waals surface area contributed by atoms with Crippen molar-refractivity contribution in [1.29, 1.82) is 0 Å². The van der Waals surface area contributed by atoms with Gasteiger partial charge in [0.15, 0.2) is 0 Å². The number of benzene rings is 1. The van der Waals surface area contributed by atoms with Crippen LogP contribution in [-0.4, -0.2) is 0 Å². The molecule has 0 heterocycles. The van der Waals surface area contributed by atoms with E-state index in [9.17, 15) is 0 Å². The highest BCUT2D eigenvalue weighted by atomic mass is 14.1. The molecule has 0 amide bonds. The van der Waals surface area contributed by atoms with Crippen LogP contribution >= 0.6 is 0 Å². The van der Waals surface area contributed by atoms with E-state index >= 15 is 0 Å². The van der Waals surface area contributed by atoms with Gasteiger partial charge in [0.2, 0.25) is 0 Å². The van der Waals surface area contributed by atoms with E-state index in [0.29, 0.717) is 0 Å². The summed E-state index contributed by atoms with van der Waals surface area (Å²) in [4.78, 5) is 0. The summed E-state index contributed by atoms with van der Waals surface area (Å²) in [6.07, 6.45) is 8.12. The van der Waals surface area contributed by atoms with Gasteiger partial charge >= 0.3 is 0 Å². The highest BCUT2D eigenvalue weighted by Crippen LogP contribution is 2.19. The summed E-state index contributed by atoms with van der Waals surface area (Å²) in [6.45, 7) is 14.7. The third-order valence-electron chi connectivity index (χ3n) is 3.82. The van der Waals surface area contributed by atoms with Gasteiger partial charge in [-0.2, -0.15) is 0 Å². The maximum atomic E-state index is 5.63. The van der Waals surface area contributed by atoms with Gasteiger partial charge < -0.3 is 0 Å². The van der Waals surface area contributed by atoms with Crippen molar-refractivity contribution in [3.05, 3.63) is 41.5 Å². The van der Waals surface area contributed by atoms with Gasteiger partial charge in [0, 0.05) is 0 Å². The van der Waals surface area contributed by atoms with Crippen molar-refractivity contribution in [1.82, 2.24) is 0 Å². The van der Waals surface area contributed by atoms with Crippen LogP contribution in [0.5, 0.6) is 0 Å².